The van der Waals surface area contributed by atoms with Gasteiger partial charge in [-0.25, -0.2) is 15.0 Å². The summed E-state index contributed by atoms with van der Waals surface area (Å²) >= 11 is 0. The first kappa shape index (κ1) is 15.2. The highest BCUT2D eigenvalue weighted by molar-refractivity contribution is 5.45. The third-order valence-corrected chi connectivity index (χ3v) is 4.57. The molecule has 2 saturated heterocycles. The summed E-state index contributed by atoms with van der Waals surface area (Å²) in [4.78, 5) is 27.5. The van der Waals surface area contributed by atoms with Crippen LogP contribution in [0.1, 0.15) is 12.1 Å². The van der Waals surface area contributed by atoms with Crippen LogP contribution >= 0.6 is 0 Å². The molecule has 1 spiro atoms. The number of nitrogens with zero attached hydrogens (tertiary/aromatic N) is 5. The van der Waals surface area contributed by atoms with Crippen molar-refractivity contribution >= 4 is 5.82 Å². The molecule has 0 aromatic carbocycles. The van der Waals surface area contributed by atoms with Crippen molar-refractivity contribution in [1.82, 2.24) is 19.5 Å². The second-order valence-corrected chi connectivity index (χ2v) is 6.57. The van der Waals surface area contributed by atoms with E-state index in [0.29, 0.717) is 18.1 Å². The SMILES string of the molecule is NCCCc1cn(-c2cncnc2)c(=O)c(N2CC3(COC3)C2)n1. The Kier molecular flexibility index (Phi) is 3.78. The summed E-state index contributed by atoms with van der Waals surface area (Å²) in [5.74, 6) is 0.492. The molecule has 126 valence electrons. The highest BCUT2D eigenvalue weighted by Gasteiger charge is 2.50. The van der Waals surface area contributed by atoms with Gasteiger partial charge in [0.25, 0.3) is 5.56 Å². The van der Waals surface area contributed by atoms with E-state index in [1.807, 2.05) is 4.90 Å². The molecule has 4 rings (SSSR count). The van der Waals surface area contributed by atoms with Gasteiger partial charge < -0.3 is 15.4 Å². The smallest absolute Gasteiger partial charge is 0.298 e. The highest BCUT2D eigenvalue weighted by Crippen LogP contribution is 2.38. The Morgan fingerprint density at radius 3 is 2.62 bits per heavy atom. The van der Waals surface area contributed by atoms with Crippen LogP contribution in [-0.2, 0) is 11.2 Å². The van der Waals surface area contributed by atoms with E-state index >= 15 is 0 Å². The summed E-state index contributed by atoms with van der Waals surface area (Å²) in [6, 6.07) is 0. The maximum Gasteiger partial charge on any atom is 0.298 e. The lowest BCUT2D eigenvalue weighted by molar-refractivity contribution is -0.127. The van der Waals surface area contributed by atoms with Crippen LogP contribution in [0.5, 0.6) is 0 Å². The molecular formula is C16H20N6O2. The standard InChI is InChI=1S/C16H20N6O2/c17-3-1-2-12-6-22(13-4-18-11-19-5-13)15(23)14(20-12)21-7-16(8-21)9-24-10-16/h4-6,11H,1-3,7-10,17H2. The van der Waals surface area contributed by atoms with Gasteiger partial charge >= 0.3 is 0 Å². The molecule has 2 aromatic heterocycles. The lowest BCUT2D eigenvalue weighted by Crippen LogP contribution is -2.67. The number of aromatic nitrogens is 4. The van der Waals surface area contributed by atoms with E-state index < -0.39 is 0 Å². The Bertz CT molecular complexity index is 779. The van der Waals surface area contributed by atoms with Gasteiger partial charge in [-0.15, -0.1) is 0 Å². The molecule has 0 unspecified atom stereocenters. The van der Waals surface area contributed by atoms with Crippen molar-refractivity contribution in [3.05, 3.63) is 41.0 Å². The van der Waals surface area contributed by atoms with Gasteiger partial charge in [-0.2, -0.15) is 0 Å². The molecule has 2 aliphatic heterocycles. The fourth-order valence-corrected chi connectivity index (χ4v) is 3.23. The molecular weight excluding hydrogens is 308 g/mol. The van der Waals surface area contributed by atoms with Gasteiger partial charge in [-0.1, -0.05) is 0 Å². The highest BCUT2D eigenvalue weighted by atomic mass is 16.5. The van der Waals surface area contributed by atoms with Crippen molar-refractivity contribution in [3.8, 4) is 5.69 Å². The van der Waals surface area contributed by atoms with Gasteiger partial charge in [-0.05, 0) is 19.4 Å². The van der Waals surface area contributed by atoms with Crippen molar-refractivity contribution in [2.45, 2.75) is 12.8 Å². The van der Waals surface area contributed by atoms with E-state index in [0.717, 1.165) is 44.8 Å². The average molecular weight is 328 g/mol. The molecule has 0 aliphatic carbocycles. The summed E-state index contributed by atoms with van der Waals surface area (Å²) < 4.78 is 6.88. The summed E-state index contributed by atoms with van der Waals surface area (Å²) in [6.45, 7) is 3.78. The molecule has 0 bridgehead atoms. The molecule has 4 heterocycles. The van der Waals surface area contributed by atoms with Crippen molar-refractivity contribution in [2.75, 3.05) is 37.7 Å². The molecule has 0 atom stereocenters. The Balaban J connectivity index is 1.70. The number of hydrogen-bond acceptors (Lipinski definition) is 7. The predicted octanol–water partition coefficient (Wildman–Crippen LogP) is -0.250. The second-order valence-electron chi connectivity index (χ2n) is 6.57. The maximum atomic E-state index is 12.9. The van der Waals surface area contributed by atoms with Gasteiger partial charge in [0.15, 0.2) is 5.82 Å². The molecule has 2 aromatic rings. The molecule has 0 amide bonds. The Labute approximate surface area is 139 Å². The zero-order chi connectivity index (χ0) is 16.6. The average Bonchev–Trinajstić information content (AvgIpc) is 2.53. The Morgan fingerprint density at radius 1 is 1.25 bits per heavy atom. The van der Waals surface area contributed by atoms with Crippen LogP contribution in [0.3, 0.4) is 0 Å². The first-order valence-electron chi connectivity index (χ1n) is 8.11. The number of aryl methyl sites for hydroxylation is 1. The van der Waals surface area contributed by atoms with E-state index in [1.54, 1.807) is 23.2 Å². The van der Waals surface area contributed by atoms with E-state index in [2.05, 4.69) is 15.0 Å². The van der Waals surface area contributed by atoms with Crippen molar-refractivity contribution < 1.29 is 4.74 Å². The van der Waals surface area contributed by atoms with Crippen LogP contribution in [0.4, 0.5) is 5.82 Å². The topological polar surface area (TPSA) is 99.2 Å². The second kappa shape index (κ2) is 5.95. The zero-order valence-corrected chi connectivity index (χ0v) is 13.4. The summed E-state index contributed by atoms with van der Waals surface area (Å²) in [5.41, 5.74) is 7.19. The lowest BCUT2D eigenvalue weighted by atomic mass is 9.78. The van der Waals surface area contributed by atoms with Crippen molar-refractivity contribution in [1.29, 1.82) is 0 Å². The van der Waals surface area contributed by atoms with Crippen molar-refractivity contribution in [3.63, 3.8) is 0 Å². The number of hydrogen-bond donors (Lipinski definition) is 1. The quantitative estimate of drug-likeness (QED) is 0.808. The summed E-state index contributed by atoms with van der Waals surface area (Å²) in [7, 11) is 0. The van der Waals surface area contributed by atoms with E-state index in [-0.39, 0.29) is 11.0 Å². The molecule has 8 heteroatoms. The first-order chi connectivity index (χ1) is 11.7. The fraction of sp³-hybridized carbons (Fsp3) is 0.500. The third-order valence-electron chi connectivity index (χ3n) is 4.57. The minimum atomic E-state index is -0.142. The van der Waals surface area contributed by atoms with Gasteiger partial charge in [0.05, 0.1) is 42.4 Å². The molecule has 0 radical (unpaired) electrons. The van der Waals surface area contributed by atoms with Crippen LogP contribution in [0, 0.1) is 5.41 Å². The minimum Gasteiger partial charge on any atom is -0.380 e. The normalized spacial score (nSPS) is 18.3. The number of ether oxygens (including phenoxy) is 1. The van der Waals surface area contributed by atoms with Crippen LogP contribution < -0.4 is 16.2 Å². The van der Waals surface area contributed by atoms with Gasteiger partial charge in [0, 0.05) is 19.3 Å². The number of rotatable bonds is 5. The number of nitrogens with two attached hydrogens (primary N) is 1. The van der Waals surface area contributed by atoms with E-state index in [9.17, 15) is 4.79 Å². The van der Waals surface area contributed by atoms with Crippen LogP contribution in [0.2, 0.25) is 0 Å². The van der Waals surface area contributed by atoms with Crippen LogP contribution in [-0.4, -0.2) is 52.4 Å². The van der Waals surface area contributed by atoms with E-state index in [4.69, 9.17) is 10.5 Å². The molecule has 2 N–H and O–H groups in total. The molecule has 2 aliphatic rings. The first-order valence-corrected chi connectivity index (χ1v) is 8.11. The van der Waals surface area contributed by atoms with Gasteiger partial charge in [-0.3, -0.25) is 9.36 Å². The molecule has 24 heavy (non-hydrogen) atoms. The predicted molar refractivity (Wildman–Crippen MR) is 88.3 cm³/mol. The van der Waals surface area contributed by atoms with Gasteiger partial charge in [0.2, 0.25) is 0 Å². The van der Waals surface area contributed by atoms with Crippen LogP contribution in [0.25, 0.3) is 5.69 Å². The van der Waals surface area contributed by atoms with Crippen molar-refractivity contribution in [2.24, 2.45) is 11.1 Å². The Morgan fingerprint density at radius 2 is 2.00 bits per heavy atom. The lowest BCUT2D eigenvalue weighted by Gasteiger charge is -2.55. The summed E-state index contributed by atoms with van der Waals surface area (Å²) in [6.07, 6.45) is 8.03. The number of anilines is 1. The van der Waals surface area contributed by atoms with Crippen LogP contribution in [0.15, 0.2) is 29.7 Å². The fourth-order valence-electron chi connectivity index (χ4n) is 3.23. The zero-order valence-electron chi connectivity index (χ0n) is 13.4. The Hall–Kier alpha value is -2.32. The molecule has 0 saturated carbocycles. The largest absolute Gasteiger partial charge is 0.380 e. The maximum absolute atomic E-state index is 12.9. The third kappa shape index (κ3) is 2.57. The van der Waals surface area contributed by atoms with E-state index in [1.165, 1.54) is 6.33 Å². The monoisotopic (exact) mass is 328 g/mol. The van der Waals surface area contributed by atoms with Gasteiger partial charge in [0.1, 0.15) is 6.33 Å². The molecule has 8 nitrogen and oxygen atoms in total. The summed E-state index contributed by atoms with van der Waals surface area (Å²) in [5, 5.41) is 0. The molecule has 2 fully saturated rings. The minimum absolute atomic E-state index is 0.142.